The van der Waals surface area contributed by atoms with Crippen molar-refractivity contribution < 1.29 is 26.7 Å². The molecular weight excluding hydrogens is 423 g/mol. The molecule has 0 fully saturated rings. The number of rotatable bonds is 5. The normalized spacial score (nSPS) is 11.3. The van der Waals surface area contributed by atoms with Crippen LogP contribution in [0.2, 0.25) is 0 Å². The van der Waals surface area contributed by atoms with Gasteiger partial charge >= 0.3 is 6.18 Å². The van der Waals surface area contributed by atoms with Gasteiger partial charge in [-0.2, -0.15) is 13.2 Å². The predicted octanol–water partition coefficient (Wildman–Crippen LogP) is 4.94. The number of carbonyl (C=O) groups is 1. The summed E-state index contributed by atoms with van der Waals surface area (Å²) in [7, 11) is 0. The molecule has 0 spiro atoms. The molecule has 0 bridgehead atoms. The first kappa shape index (κ1) is 20.2. The fraction of sp³-hybridized carbons (Fsp3) is 0.235. The zero-order valence-electron chi connectivity index (χ0n) is 13.5. The zero-order valence-corrected chi connectivity index (χ0v) is 15.1. The predicted molar refractivity (Wildman–Crippen MR) is 91.0 cm³/mol. The number of hydrogen-bond donors (Lipinski definition) is 2. The molecule has 2 N–H and O–H groups in total. The fourth-order valence-corrected chi connectivity index (χ4v) is 2.46. The summed E-state index contributed by atoms with van der Waals surface area (Å²) >= 11 is 3.13. The van der Waals surface area contributed by atoms with E-state index >= 15 is 0 Å². The molecule has 0 aliphatic heterocycles. The quantitative estimate of drug-likeness (QED) is 0.651. The van der Waals surface area contributed by atoms with E-state index in [1.165, 1.54) is 25.1 Å². The number of nitrogens with one attached hydrogen (secondary N) is 2. The van der Waals surface area contributed by atoms with Crippen LogP contribution in [-0.4, -0.2) is 18.6 Å². The Labute approximate surface area is 154 Å². The summed E-state index contributed by atoms with van der Waals surface area (Å²) in [6, 6.07) is 6.51. The molecule has 2 aromatic rings. The van der Waals surface area contributed by atoms with Crippen LogP contribution < -0.4 is 10.6 Å². The van der Waals surface area contributed by atoms with Crippen LogP contribution in [0.3, 0.4) is 0 Å². The monoisotopic (exact) mass is 436 g/mol. The lowest BCUT2D eigenvalue weighted by atomic mass is 10.1. The largest absolute Gasteiger partial charge is 0.405 e. The molecule has 0 atom stereocenters. The Kier molecular flexibility index (Phi) is 6.22. The summed E-state index contributed by atoms with van der Waals surface area (Å²) in [6.45, 7) is -0.0752. The molecule has 0 aliphatic rings. The van der Waals surface area contributed by atoms with Crippen LogP contribution >= 0.6 is 15.9 Å². The Morgan fingerprint density at radius 3 is 2.42 bits per heavy atom. The van der Waals surface area contributed by atoms with Gasteiger partial charge in [-0.15, -0.1) is 0 Å². The van der Waals surface area contributed by atoms with Gasteiger partial charge in [0.05, 0.1) is 0 Å². The highest BCUT2D eigenvalue weighted by Gasteiger charge is 2.28. The van der Waals surface area contributed by atoms with E-state index in [9.17, 15) is 26.7 Å². The molecule has 140 valence electrons. The van der Waals surface area contributed by atoms with Crippen LogP contribution in [0.5, 0.6) is 0 Å². The maximum Gasteiger partial charge on any atom is 0.405 e. The van der Waals surface area contributed by atoms with Crippen molar-refractivity contribution in [2.45, 2.75) is 19.6 Å². The van der Waals surface area contributed by atoms with E-state index in [-0.39, 0.29) is 23.4 Å². The third kappa shape index (κ3) is 5.42. The van der Waals surface area contributed by atoms with Crippen molar-refractivity contribution in [3.05, 3.63) is 63.1 Å². The van der Waals surface area contributed by atoms with E-state index < -0.39 is 30.3 Å². The van der Waals surface area contributed by atoms with Gasteiger partial charge in [0.1, 0.15) is 18.2 Å². The lowest BCUT2D eigenvalue weighted by Crippen LogP contribution is -2.33. The third-order valence-corrected chi connectivity index (χ3v) is 4.03. The minimum Gasteiger partial charge on any atom is -0.381 e. The molecule has 0 saturated carbocycles. The number of anilines is 1. The second-order valence-electron chi connectivity index (χ2n) is 5.52. The van der Waals surface area contributed by atoms with Gasteiger partial charge in [0.25, 0.3) is 5.91 Å². The van der Waals surface area contributed by atoms with E-state index in [0.29, 0.717) is 10.0 Å². The first-order chi connectivity index (χ1) is 12.1. The van der Waals surface area contributed by atoms with E-state index in [1.807, 2.05) is 0 Å². The van der Waals surface area contributed by atoms with Crippen LogP contribution in [0.1, 0.15) is 21.5 Å². The maximum atomic E-state index is 14.0. The lowest BCUT2D eigenvalue weighted by Gasteiger charge is -2.14. The molecule has 0 aliphatic carbocycles. The summed E-state index contributed by atoms with van der Waals surface area (Å²) < 4.78 is 65.0. The topological polar surface area (TPSA) is 41.1 Å². The number of carbonyl (C=O) groups excluding carboxylic acids is 1. The molecule has 0 unspecified atom stereocenters. The van der Waals surface area contributed by atoms with E-state index in [4.69, 9.17) is 0 Å². The van der Waals surface area contributed by atoms with Crippen molar-refractivity contribution >= 4 is 27.5 Å². The van der Waals surface area contributed by atoms with Gasteiger partial charge in [0.2, 0.25) is 0 Å². The second-order valence-corrected chi connectivity index (χ2v) is 6.43. The molecule has 2 aromatic carbocycles. The van der Waals surface area contributed by atoms with Crippen LogP contribution in [0.4, 0.5) is 27.6 Å². The second kappa shape index (κ2) is 8.03. The van der Waals surface area contributed by atoms with Crippen molar-refractivity contribution in [2.75, 3.05) is 11.9 Å². The van der Waals surface area contributed by atoms with Crippen LogP contribution in [-0.2, 0) is 6.54 Å². The maximum absolute atomic E-state index is 14.0. The summed E-state index contributed by atoms with van der Waals surface area (Å²) in [6.07, 6.45) is -4.57. The van der Waals surface area contributed by atoms with Gasteiger partial charge < -0.3 is 10.6 Å². The Morgan fingerprint density at radius 2 is 1.81 bits per heavy atom. The Bertz CT molecular complexity index is 824. The zero-order chi connectivity index (χ0) is 19.5. The summed E-state index contributed by atoms with van der Waals surface area (Å²) in [5, 5.41) is 4.48. The molecule has 26 heavy (non-hydrogen) atoms. The Morgan fingerprint density at radius 1 is 1.12 bits per heavy atom. The molecule has 1 amide bonds. The third-order valence-electron chi connectivity index (χ3n) is 3.54. The van der Waals surface area contributed by atoms with Crippen molar-refractivity contribution in [2.24, 2.45) is 0 Å². The molecule has 3 nitrogen and oxygen atoms in total. The van der Waals surface area contributed by atoms with Crippen molar-refractivity contribution in [3.8, 4) is 0 Å². The van der Waals surface area contributed by atoms with E-state index in [1.54, 1.807) is 11.4 Å². The SMILES string of the molecule is Cc1c(F)cc(C(=O)NCC(F)(F)F)cc1NCc1ccc(Br)cc1F. The van der Waals surface area contributed by atoms with Gasteiger partial charge in [-0.1, -0.05) is 22.0 Å². The van der Waals surface area contributed by atoms with Gasteiger partial charge in [-0.05, 0) is 31.2 Å². The van der Waals surface area contributed by atoms with Crippen molar-refractivity contribution in [3.63, 3.8) is 0 Å². The van der Waals surface area contributed by atoms with Gasteiger partial charge in [0, 0.05) is 33.4 Å². The fourth-order valence-electron chi connectivity index (χ4n) is 2.13. The highest BCUT2D eigenvalue weighted by molar-refractivity contribution is 9.10. The number of amides is 1. The van der Waals surface area contributed by atoms with Crippen molar-refractivity contribution in [1.82, 2.24) is 5.32 Å². The number of benzene rings is 2. The molecule has 0 aromatic heterocycles. The van der Waals surface area contributed by atoms with Gasteiger partial charge in [-0.25, -0.2) is 8.78 Å². The highest BCUT2D eigenvalue weighted by Crippen LogP contribution is 2.23. The van der Waals surface area contributed by atoms with Crippen LogP contribution in [0.25, 0.3) is 0 Å². The average molecular weight is 437 g/mol. The summed E-state index contributed by atoms with van der Waals surface area (Å²) in [4.78, 5) is 11.8. The molecule has 0 saturated heterocycles. The molecule has 0 heterocycles. The van der Waals surface area contributed by atoms with Gasteiger partial charge in [-0.3, -0.25) is 4.79 Å². The first-order valence-electron chi connectivity index (χ1n) is 7.39. The molecule has 2 rings (SSSR count). The average Bonchev–Trinajstić information content (AvgIpc) is 2.54. The van der Waals surface area contributed by atoms with E-state index in [0.717, 1.165) is 6.07 Å². The standard InChI is InChI=1S/C17H14BrF5N2O/c1-9-13(19)4-11(16(26)25-8-17(21,22)23)5-15(9)24-7-10-2-3-12(18)6-14(10)20/h2-6,24H,7-8H2,1H3,(H,25,26). The minimum atomic E-state index is -4.57. The number of alkyl halides is 3. The molecular formula is C17H14BrF5N2O. The Balaban J connectivity index is 2.17. The van der Waals surface area contributed by atoms with Crippen LogP contribution in [0, 0.1) is 18.6 Å². The lowest BCUT2D eigenvalue weighted by molar-refractivity contribution is -0.123. The minimum absolute atomic E-state index is 0.00696. The summed E-state index contributed by atoms with van der Waals surface area (Å²) in [5.41, 5.74) is 0.385. The Hall–Kier alpha value is -2.16. The van der Waals surface area contributed by atoms with Crippen LogP contribution in [0.15, 0.2) is 34.8 Å². The first-order valence-corrected chi connectivity index (χ1v) is 8.19. The number of halogens is 6. The van der Waals surface area contributed by atoms with Gasteiger partial charge in [0.15, 0.2) is 0 Å². The molecule has 0 radical (unpaired) electrons. The highest BCUT2D eigenvalue weighted by atomic mass is 79.9. The summed E-state index contributed by atoms with van der Waals surface area (Å²) in [5.74, 6) is -2.30. The smallest absolute Gasteiger partial charge is 0.381 e. The van der Waals surface area contributed by atoms with Crippen molar-refractivity contribution in [1.29, 1.82) is 0 Å². The number of hydrogen-bond acceptors (Lipinski definition) is 2. The van der Waals surface area contributed by atoms with E-state index in [2.05, 4.69) is 21.2 Å². The molecule has 9 heteroatoms.